The first-order valence-electron chi connectivity index (χ1n) is 9.29. The average molecular weight is 577 g/mol. The fourth-order valence-electron chi connectivity index (χ4n) is 2.49. The Hall–Kier alpha value is -3.57. The number of non-ortho nitro benzene ring substituents is 1. The molecule has 0 aliphatic carbocycles. The van der Waals surface area contributed by atoms with Crippen LogP contribution in [0.4, 0.5) is 5.69 Å². The van der Waals surface area contributed by atoms with Crippen LogP contribution in [0.15, 0.2) is 80.8 Å². The molecule has 0 aliphatic heterocycles. The number of carbonyl (C=O) groups is 2. The number of nitrogens with zero attached hydrogens (tertiary/aromatic N) is 2. The highest BCUT2D eigenvalue weighted by molar-refractivity contribution is 9.10. The van der Waals surface area contributed by atoms with Crippen LogP contribution in [-0.4, -0.2) is 29.6 Å². The minimum atomic E-state index is -0.533. The minimum absolute atomic E-state index is 0.100. The minimum Gasteiger partial charge on any atom is -0.483 e. The Morgan fingerprint density at radius 2 is 1.76 bits per heavy atom. The van der Waals surface area contributed by atoms with Gasteiger partial charge in [-0.3, -0.25) is 14.9 Å². The van der Waals surface area contributed by atoms with E-state index in [1.807, 2.05) is 0 Å². The Labute approximate surface area is 204 Å². The molecule has 1 N–H and O–H groups in total. The van der Waals surface area contributed by atoms with E-state index in [1.54, 1.807) is 48.5 Å². The van der Waals surface area contributed by atoms with E-state index in [0.717, 1.165) is 0 Å². The van der Waals surface area contributed by atoms with Gasteiger partial charge in [-0.15, -0.1) is 0 Å². The number of esters is 1. The molecule has 3 aromatic rings. The zero-order chi connectivity index (χ0) is 23.8. The number of ether oxygens (including phenoxy) is 2. The van der Waals surface area contributed by atoms with Crippen LogP contribution < -0.4 is 14.9 Å². The lowest BCUT2D eigenvalue weighted by atomic mass is 10.2. The molecule has 11 heteroatoms. The molecule has 9 nitrogen and oxygen atoms in total. The number of nitro groups is 1. The molecule has 3 rings (SSSR count). The van der Waals surface area contributed by atoms with Crippen LogP contribution in [0.3, 0.4) is 0 Å². The van der Waals surface area contributed by atoms with Crippen LogP contribution in [0.25, 0.3) is 0 Å². The Balaban J connectivity index is 1.48. The number of amides is 1. The summed E-state index contributed by atoms with van der Waals surface area (Å²) in [7, 11) is 0. The van der Waals surface area contributed by atoms with Crippen molar-refractivity contribution in [2.45, 2.75) is 0 Å². The highest BCUT2D eigenvalue weighted by Crippen LogP contribution is 2.29. The molecular formula is C22H15Br2N3O6. The Bertz CT molecular complexity index is 1220. The molecule has 3 aromatic carbocycles. The van der Waals surface area contributed by atoms with Crippen molar-refractivity contribution < 1.29 is 24.0 Å². The van der Waals surface area contributed by atoms with Gasteiger partial charge in [-0.1, -0.05) is 12.1 Å². The SMILES string of the molecule is O=C(COc1ccc([N+](=O)[O-])cc1Br)NN=Cc1ccc(OC(=O)c2ccccc2Br)cc1. The number of halogens is 2. The highest BCUT2D eigenvalue weighted by atomic mass is 79.9. The fraction of sp³-hybridized carbons (Fsp3) is 0.0455. The monoisotopic (exact) mass is 575 g/mol. The van der Waals surface area contributed by atoms with Crippen LogP contribution in [0, 0.1) is 10.1 Å². The van der Waals surface area contributed by atoms with Gasteiger partial charge >= 0.3 is 5.97 Å². The number of hydrogen-bond donors (Lipinski definition) is 1. The lowest BCUT2D eigenvalue weighted by Gasteiger charge is -2.07. The molecule has 0 unspecified atom stereocenters. The number of benzene rings is 3. The van der Waals surface area contributed by atoms with E-state index < -0.39 is 16.8 Å². The molecule has 0 heterocycles. The van der Waals surface area contributed by atoms with Crippen molar-refractivity contribution in [2.24, 2.45) is 5.10 Å². The van der Waals surface area contributed by atoms with Gasteiger partial charge in [0.05, 0.1) is 21.2 Å². The number of carbonyl (C=O) groups excluding carboxylic acids is 2. The molecule has 1 amide bonds. The molecule has 168 valence electrons. The summed E-state index contributed by atoms with van der Waals surface area (Å²) in [5.41, 5.74) is 3.29. The second-order valence-electron chi connectivity index (χ2n) is 6.39. The molecule has 0 radical (unpaired) electrons. The van der Waals surface area contributed by atoms with Gasteiger partial charge in [-0.05, 0) is 79.9 Å². The summed E-state index contributed by atoms with van der Waals surface area (Å²) >= 11 is 6.47. The van der Waals surface area contributed by atoms with Gasteiger partial charge in [-0.25, -0.2) is 10.2 Å². The summed E-state index contributed by atoms with van der Waals surface area (Å²) in [4.78, 5) is 34.3. The van der Waals surface area contributed by atoms with E-state index in [0.29, 0.717) is 25.8 Å². The van der Waals surface area contributed by atoms with E-state index >= 15 is 0 Å². The quantitative estimate of drug-likeness (QED) is 0.134. The fourth-order valence-corrected chi connectivity index (χ4v) is 3.41. The number of hydrazone groups is 1. The van der Waals surface area contributed by atoms with Crippen molar-refractivity contribution >= 4 is 55.6 Å². The highest BCUT2D eigenvalue weighted by Gasteiger charge is 2.12. The molecular weight excluding hydrogens is 562 g/mol. The van der Waals surface area contributed by atoms with Crippen molar-refractivity contribution in [1.29, 1.82) is 0 Å². The van der Waals surface area contributed by atoms with E-state index in [1.165, 1.54) is 24.4 Å². The first kappa shape index (κ1) is 24.1. The summed E-state index contributed by atoms with van der Waals surface area (Å²) in [5.74, 6) is -0.363. The van der Waals surface area contributed by atoms with E-state index in [-0.39, 0.29) is 18.0 Å². The van der Waals surface area contributed by atoms with E-state index in [4.69, 9.17) is 9.47 Å². The predicted molar refractivity (Wildman–Crippen MR) is 128 cm³/mol. The van der Waals surface area contributed by atoms with Crippen LogP contribution in [0.2, 0.25) is 0 Å². The molecule has 0 atom stereocenters. The zero-order valence-corrected chi connectivity index (χ0v) is 19.9. The number of nitrogens with one attached hydrogen (secondary N) is 1. The normalized spacial score (nSPS) is 10.6. The van der Waals surface area contributed by atoms with Gasteiger partial charge in [0.1, 0.15) is 11.5 Å². The number of rotatable bonds is 8. The maximum absolute atomic E-state index is 12.2. The maximum atomic E-state index is 12.2. The molecule has 33 heavy (non-hydrogen) atoms. The van der Waals surface area contributed by atoms with Crippen LogP contribution in [0.5, 0.6) is 11.5 Å². The zero-order valence-electron chi connectivity index (χ0n) is 16.7. The summed E-state index contributed by atoms with van der Waals surface area (Å²) in [5, 5.41) is 14.6. The lowest BCUT2D eigenvalue weighted by molar-refractivity contribution is -0.384. The Morgan fingerprint density at radius 3 is 2.42 bits per heavy atom. The van der Waals surface area contributed by atoms with Crippen LogP contribution >= 0.6 is 31.9 Å². The molecule has 0 aromatic heterocycles. The van der Waals surface area contributed by atoms with Gasteiger partial charge in [-0.2, -0.15) is 5.10 Å². The van der Waals surface area contributed by atoms with E-state index in [9.17, 15) is 19.7 Å². The molecule has 0 spiro atoms. The second-order valence-corrected chi connectivity index (χ2v) is 8.10. The number of nitro benzene ring substituents is 1. The third kappa shape index (κ3) is 6.96. The van der Waals surface area contributed by atoms with Crippen LogP contribution in [0.1, 0.15) is 15.9 Å². The van der Waals surface area contributed by atoms with Gasteiger partial charge in [0.15, 0.2) is 6.61 Å². The smallest absolute Gasteiger partial charge is 0.344 e. The third-order valence-electron chi connectivity index (χ3n) is 4.07. The second kappa shape index (κ2) is 11.3. The van der Waals surface area contributed by atoms with Crippen molar-refractivity contribution in [3.8, 4) is 11.5 Å². The van der Waals surface area contributed by atoms with Crippen molar-refractivity contribution in [3.63, 3.8) is 0 Å². The van der Waals surface area contributed by atoms with Crippen LogP contribution in [-0.2, 0) is 4.79 Å². The van der Waals surface area contributed by atoms with Crippen molar-refractivity contribution in [1.82, 2.24) is 5.43 Å². The molecule has 0 bridgehead atoms. The summed E-state index contributed by atoms with van der Waals surface area (Å²) in [6, 6.07) is 17.4. The molecule has 0 saturated carbocycles. The molecule has 0 saturated heterocycles. The Kier molecular flexibility index (Phi) is 8.28. The lowest BCUT2D eigenvalue weighted by Crippen LogP contribution is -2.24. The third-order valence-corrected chi connectivity index (χ3v) is 5.38. The number of hydrogen-bond acceptors (Lipinski definition) is 7. The topological polar surface area (TPSA) is 120 Å². The van der Waals surface area contributed by atoms with Gasteiger partial charge in [0, 0.05) is 16.6 Å². The Morgan fingerprint density at radius 1 is 1.03 bits per heavy atom. The first-order valence-corrected chi connectivity index (χ1v) is 10.9. The summed E-state index contributed by atoms with van der Waals surface area (Å²) in [6.07, 6.45) is 1.42. The summed E-state index contributed by atoms with van der Waals surface area (Å²) in [6.45, 7) is -0.336. The standard InChI is InChI=1S/C22H15Br2N3O6/c23-18-4-2-1-3-17(18)22(29)33-16-8-5-14(6-9-16)12-25-26-21(28)13-32-20-10-7-15(27(30)31)11-19(20)24/h1-12H,13H2,(H,26,28). The van der Waals surface area contributed by atoms with Gasteiger partial charge in [0.2, 0.25) is 0 Å². The maximum Gasteiger partial charge on any atom is 0.344 e. The average Bonchev–Trinajstić information content (AvgIpc) is 2.79. The first-order chi connectivity index (χ1) is 15.8. The van der Waals surface area contributed by atoms with E-state index in [2.05, 4.69) is 42.4 Å². The molecule has 0 fully saturated rings. The molecule has 0 aliphatic rings. The largest absolute Gasteiger partial charge is 0.483 e. The van der Waals surface area contributed by atoms with Gasteiger partial charge in [0.25, 0.3) is 11.6 Å². The predicted octanol–water partition coefficient (Wildman–Crippen LogP) is 4.87. The van der Waals surface area contributed by atoms with Crippen molar-refractivity contribution in [2.75, 3.05) is 6.61 Å². The van der Waals surface area contributed by atoms with Gasteiger partial charge < -0.3 is 9.47 Å². The van der Waals surface area contributed by atoms with Crippen molar-refractivity contribution in [3.05, 3.63) is 96.9 Å². The summed E-state index contributed by atoms with van der Waals surface area (Å²) < 4.78 is 11.7.